The lowest BCUT2D eigenvalue weighted by Crippen LogP contribution is -2.52. The molecule has 1 saturated heterocycles. The number of hydrogen-bond acceptors (Lipinski definition) is 3. The molecule has 0 radical (unpaired) electrons. The van der Waals surface area contributed by atoms with Crippen LogP contribution in [0.3, 0.4) is 0 Å². The molecular weight excluding hydrogens is 422 g/mol. The summed E-state index contributed by atoms with van der Waals surface area (Å²) >= 11 is 6.12. The van der Waals surface area contributed by atoms with Gasteiger partial charge in [-0.2, -0.15) is 0 Å². The minimum absolute atomic E-state index is 0.0248. The van der Waals surface area contributed by atoms with Gasteiger partial charge in [0.1, 0.15) is 5.75 Å². The maximum Gasteiger partial charge on any atom is 0.317 e. The van der Waals surface area contributed by atoms with Gasteiger partial charge in [0.05, 0.1) is 13.2 Å². The molecule has 6 heteroatoms. The van der Waals surface area contributed by atoms with E-state index in [-0.39, 0.29) is 12.1 Å². The van der Waals surface area contributed by atoms with Gasteiger partial charge in [-0.25, -0.2) is 4.79 Å². The molecule has 2 amide bonds. The fourth-order valence-corrected chi connectivity index (χ4v) is 4.24. The van der Waals surface area contributed by atoms with E-state index in [1.54, 1.807) is 7.11 Å². The minimum atomic E-state index is -0.0248. The second-order valence-electron chi connectivity index (χ2n) is 7.89. The lowest BCUT2D eigenvalue weighted by molar-refractivity contribution is 0.120. The van der Waals surface area contributed by atoms with Crippen LogP contribution in [0.15, 0.2) is 78.9 Å². The summed E-state index contributed by atoms with van der Waals surface area (Å²) in [4.78, 5) is 17.0. The fourth-order valence-electron chi connectivity index (χ4n) is 4.11. The van der Waals surface area contributed by atoms with Crippen molar-refractivity contribution in [3.63, 3.8) is 0 Å². The van der Waals surface area contributed by atoms with E-state index in [1.165, 1.54) is 11.1 Å². The van der Waals surface area contributed by atoms with Gasteiger partial charge in [-0.15, -0.1) is 0 Å². The van der Waals surface area contributed by atoms with Gasteiger partial charge in [-0.05, 0) is 41.0 Å². The fraction of sp³-hybridized carbons (Fsp3) is 0.269. The molecule has 5 nitrogen and oxygen atoms in total. The first-order chi connectivity index (χ1) is 15.6. The predicted molar refractivity (Wildman–Crippen MR) is 128 cm³/mol. The molecule has 1 heterocycles. The Balaban J connectivity index is 1.38. The van der Waals surface area contributed by atoms with E-state index < -0.39 is 0 Å². The number of hydrogen-bond donors (Lipinski definition) is 1. The van der Waals surface area contributed by atoms with Crippen LogP contribution in [0.2, 0.25) is 5.02 Å². The van der Waals surface area contributed by atoms with Crippen molar-refractivity contribution in [2.45, 2.75) is 12.6 Å². The summed E-state index contributed by atoms with van der Waals surface area (Å²) in [5.41, 5.74) is 3.50. The summed E-state index contributed by atoms with van der Waals surface area (Å²) in [7, 11) is 1.64. The van der Waals surface area contributed by atoms with Crippen LogP contribution >= 0.6 is 11.6 Å². The third-order valence-electron chi connectivity index (χ3n) is 5.87. The topological polar surface area (TPSA) is 44.8 Å². The molecule has 1 aliphatic heterocycles. The van der Waals surface area contributed by atoms with Gasteiger partial charge in [0, 0.05) is 37.7 Å². The van der Waals surface area contributed by atoms with Gasteiger partial charge in [-0.3, -0.25) is 4.90 Å². The lowest BCUT2D eigenvalue weighted by Gasteiger charge is -2.39. The Morgan fingerprint density at radius 3 is 2.16 bits per heavy atom. The molecule has 1 atom stereocenters. The first-order valence-electron chi connectivity index (χ1n) is 10.8. The molecule has 0 aromatic heterocycles. The maximum absolute atomic E-state index is 12.7. The van der Waals surface area contributed by atoms with Crippen LogP contribution < -0.4 is 10.1 Å². The van der Waals surface area contributed by atoms with Crippen molar-refractivity contribution in [2.75, 3.05) is 33.3 Å². The van der Waals surface area contributed by atoms with Crippen LogP contribution in [-0.4, -0.2) is 49.1 Å². The van der Waals surface area contributed by atoms with E-state index in [1.807, 2.05) is 47.4 Å². The van der Waals surface area contributed by atoms with Gasteiger partial charge >= 0.3 is 6.03 Å². The van der Waals surface area contributed by atoms with Crippen molar-refractivity contribution < 1.29 is 9.53 Å². The van der Waals surface area contributed by atoms with Crippen molar-refractivity contribution in [1.82, 2.24) is 15.1 Å². The number of carbonyl (C=O) groups is 1. The average molecular weight is 450 g/mol. The third-order valence-corrected chi connectivity index (χ3v) is 6.12. The van der Waals surface area contributed by atoms with Gasteiger partial charge in [0.25, 0.3) is 0 Å². The zero-order valence-electron chi connectivity index (χ0n) is 18.2. The number of nitrogens with zero attached hydrogens (tertiary/aromatic N) is 2. The number of methoxy groups -OCH3 is 1. The Kier molecular flexibility index (Phi) is 7.30. The van der Waals surface area contributed by atoms with Crippen LogP contribution in [0.5, 0.6) is 5.75 Å². The summed E-state index contributed by atoms with van der Waals surface area (Å²) in [5, 5.41) is 3.77. The Bertz CT molecular complexity index is 1000. The molecule has 0 bridgehead atoms. The normalized spacial score (nSPS) is 15.2. The monoisotopic (exact) mass is 449 g/mol. The molecule has 4 rings (SSSR count). The quantitative estimate of drug-likeness (QED) is 0.578. The van der Waals surface area contributed by atoms with Gasteiger partial charge in [0.15, 0.2) is 0 Å². The summed E-state index contributed by atoms with van der Waals surface area (Å²) < 4.78 is 5.18. The number of ether oxygens (including phenoxy) is 1. The van der Waals surface area contributed by atoms with Crippen LogP contribution in [-0.2, 0) is 6.54 Å². The van der Waals surface area contributed by atoms with Crippen molar-refractivity contribution >= 4 is 17.6 Å². The van der Waals surface area contributed by atoms with Gasteiger partial charge < -0.3 is 15.0 Å². The van der Waals surface area contributed by atoms with Crippen LogP contribution in [0.1, 0.15) is 22.7 Å². The number of nitrogens with one attached hydrogen (secondary N) is 1. The van der Waals surface area contributed by atoms with Crippen molar-refractivity contribution in [3.8, 4) is 5.75 Å². The minimum Gasteiger partial charge on any atom is -0.497 e. The highest BCUT2D eigenvalue weighted by molar-refractivity contribution is 6.30. The van der Waals surface area contributed by atoms with E-state index in [4.69, 9.17) is 16.3 Å². The van der Waals surface area contributed by atoms with E-state index in [0.29, 0.717) is 19.6 Å². The van der Waals surface area contributed by atoms with Gasteiger partial charge in [-0.1, -0.05) is 66.2 Å². The number of halogens is 1. The summed E-state index contributed by atoms with van der Waals surface area (Å²) in [6, 6.07) is 26.4. The van der Waals surface area contributed by atoms with E-state index in [0.717, 1.165) is 29.4 Å². The maximum atomic E-state index is 12.7. The number of benzene rings is 3. The van der Waals surface area contributed by atoms with Crippen molar-refractivity contribution in [3.05, 3.63) is 101 Å². The van der Waals surface area contributed by atoms with Crippen molar-refractivity contribution in [2.24, 2.45) is 0 Å². The highest BCUT2D eigenvalue weighted by Gasteiger charge is 2.28. The summed E-state index contributed by atoms with van der Waals surface area (Å²) in [5.74, 6) is 0.810. The Labute approximate surface area is 194 Å². The second kappa shape index (κ2) is 10.5. The zero-order valence-corrected chi connectivity index (χ0v) is 19.0. The molecule has 0 aliphatic carbocycles. The lowest BCUT2D eigenvalue weighted by atomic mass is 9.96. The number of urea groups is 1. The molecule has 1 N–H and O–H groups in total. The second-order valence-corrected chi connectivity index (χ2v) is 8.33. The molecule has 1 fully saturated rings. The third kappa shape index (κ3) is 5.42. The molecule has 0 spiro atoms. The van der Waals surface area contributed by atoms with Crippen molar-refractivity contribution in [1.29, 1.82) is 0 Å². The van der Waals surface area contributed by atoms with Gasteiger partial charge in [0.2, 0.25) is 0 Å². The zero-order chi connectivity index (χ0) is 22.3. The average Bonchev–Trinajstić information content (AvgIpc) is 2.85. The smallest absolute Gasteiger partial charge is 0.317 e. The van der Waals surface area contributed by atoms with Crippen LogP contribution in [0, 0.1) is 0 Å². The Hall–Kier alpha value is -3.02. The summed E-state index contributed by atoms with van der Waals surface area (Å²) in [6.07, 6.45) is 0. The largest absolute Gasteiger partial charge is 0.497 e. The molecular formula is C26H28ClN3O2. The SMILES string of the molecule is COc1ccc(CNC(=O)N2CCN([C@@H](c3ccccc3)c3ccc(Cl)cc3)CC2)cc1. The Morgan fingerprint density at radius 1 is 0.906 bits per heavy atom. The predicted octanol–water partition coefficient (Wildman–Crippen LogP) is 4.97. The molecule has 0 saturated carbocycles. The first-order valence-corrected chi connectivity index (χ1v) is 11.2. The first kappa shape index (κ1) is 22.2. The summed E-state index contributed by atoms with van der Waals surface area (Å²) in [6.45, 7) is 3.48. The molecule has 0 unspecified atom stereocenters. The number of piperazine rings is 1. The molecule has 32 heavy (non-hydrogen) atoms. The highest BCUT2D eigenvalue weighted by atomic mass is 35.5. The highest BCUT2D eigenvalue weighted by Crippen LogP contribution is 2.30. The van der Waals surface area contributed by atoms with Crippen LogP contribution in [0.25, 0.3) is 0 Å². The Morgan fingerprint density at radius 2 is 1.53 bits per heavy atom. The number of carbonyl (C=O) groups excluding carboxylic acids is 1. The van der Waals surface area contributed by atoms with E-state index >= 15 is 0 Å². The molecule has 3 aromatic carbocycles. The van der Waals surface area contributed by atoms with E-state index in [2.05, 4.69) is 46.6 Å². The standard InChI is InChI=1S/C26H28ClN3O2/c1-32-24-13-7-20(8-14-24)19-28-26(31)30-17-15-29(16-18-30)25(21-5-3-2-4-6-21)22-9-11-23(27)12-10-22/h2-14,25H,15-19H2,1H3,(H,28,31)/t25-/m0/s1. The molecule has 166 valence electrons. The van der Waals surface area contributed by atoms with Crippen LogP contribution in [0.4, 0.5) is 4.79 Å². The number of rotatable bonds is 6. The molecule has 1 aliphatic rings. The molecule has 3 aromatic rings. The van der Waals surface area contributed by atoms with E-state index in [9.17, 15) is 4.79 Å². The number of amides is 2.